The second kappa shape index (κ2) is 4.20. The number of carboxylic acid groups (broad SMARTS) is 1. The molecule has 0 radical (unpaired) electrons. The van der Waals surface area contributed by atoms with E-state index in [1.165, 1.54) is 0 Å². The number of carbonyl (C=O) groups is 1. The number of imidazole rings is 1. The van der Waals surface area contributed by atoms with Gasteiger partial charge in [-0.1, -0.05) is 12.1 Å². The number of fused-ring (bicyclic) bond motifs is 1. The average molecular weight is 253 g/mol. The van der Waals surface area contributed by atoms with E-state index in [4.69, 9.17) is 5.11 Å². The number of aromatic nitrogens is 3. The molecular weight excluding hydrogens is 242 g/mol. The fourth-order valence-corrected chi connectivity index (χ4v) is 2.04. The zero-order chi connectivity index (χ0) is 13.4. The molecule has 19 heavy (non-hydrogen) atoms. The van der Waals surface area contributed by atoms with Crippen LogP contribution < -0.4 is 0 Å². The first-order chi connectivity index (χ1) is 9.15. The summed E-state index contributed by atoms with van der Waals surface area (Å²) in [6.45, 7) is 1.77. The van der Waals surface area contributed by atoms with Crippen LogP contribution in [0.25, 0.3) is 16.9 Å². The van der Waals surface area contributed by atoms with Gasteiger partial charge in [-0.05, 0) is 31.2 Å². The molecule has 1 aromatic carbocycles. The lowest BCUT2D eigenvalue weighted by atomic mass is 10.2. The van der Waals surface area contributed by atoms with Gasteiger partial charge in [-0.15, -0.1) is 0 Å². The summed E-state index contributed by atoms with van der Waals surface area (Å²) in [7, 11) is 0. The molecule has 5 nitrogen and oxygen atoms in total. The van der Waals surface area contributed by atoms with E-state index in [9.17, 15) is 4.79 Å². The van der Waals surface area contributed by atoms with Gasteiger partial charge in [0.25, 0.3) is 0 Å². The lowest BCUT2D eigenvalue weighted by Gasteiger charge is -2.06. The normalized spacial score (nSPS) is 10.8. The molecule has 0 atom stereocenters. The number of benzene rings is 1. The molecule has 5 heteroatoms. The summed E-state index contributed by atoms with van der Waals surface area (Å²) in [6.07, 6.45) is 1.65. The molecule has 3 rings (SSSR count). The van der Waals surface area contributed by atoms with Gasteiger partial charge in [0, 0.05) is 5.69 Å². The molecule has 2 aromatic heterocycles. The van der Waals surface area contributed by atoms with E-state index in [0.29, 0.717) is 11.5 Å². The van der Waals surface area contributed by atoms with Crippen LogP contribution in [0.4, 0.5) is 0 Å². The van der Waals surface area contributed by atoms with E-state index < -0.39 is 5.97 Å². The van der Waals surface area contributed by atoms with Crippen LogP contribution in [0.2, 0.25) is 0 Å². The third-order valence-electron chi connectivity index (χ3n) is 2.89. The van der Waals surface area contributed by atoms with Gasteiger partial charge in [-0.25, -0.2) is 14.8 Å². The third-order valence-corrected chi connectivity index (χ3v) is 2.89. The largest absolute Gasteiger partial charge is 0.478 e. The van der Waals surface area contributed by atoms with E-state index in [0.717, 1.165) is 11.0 Å². The number of pyridine rings is 1. The Labute approximate surface area is 109 Å². The lowest BCUT2D eigenvalue weighted by Crippen LogP contribution is -2.03. The highest BCUT2D eigenvalue weighted by molar-refractivity contribution is 5.88. The Morgan fingerprint density at radius 1 is 1.26 bits per heavy atom. The number of hydrogen-bond acceptors (Lipinski definition) is 3. The van der Waals surface area contributed by atoms with Gasteiger partial charge >= 0.3 is 5.97 Å². The Hall–Kier alpha value is -2.69. The molecule has 0 bridgehead atoms. The maximum atomic E-state index is 11.1. The van der Waals surface area contributed by atoms with Gasteiger partial charge in [0.2, 0.25) is 0 Å². The van der Waals surface area contributed by atoms with Gasteiger partial charge < -0.3 is 5.11 Å². The molecule has 2 heterocycles. The van der Waals surface area contributed by atoms with Crippen molar-refractivity contribution in [1.82, 2.24) is 14.5 Å². The van der Waals surface area contributed by atoms with Crippen LogP contribution >= 0.6 is 0 Å². The predicted molar refractivity (Wildman–Crippen MR) is 70.6 cm³/mol. The predicted octanol–water partition coefficient (Wildman–Crippen LogP) is 2.43. The van der Waals surface area contributed by atoms with Gasteiger partial charge in [0.05, 0.1) is 16.6 Å². The van der Waals surface area contributed by atoms with E-state index in [1.54, 1.807) is 30.0 Å². The molecule has 3 aromatic rings. The second-order valence-corrected chi connectivity index (χ2v) is 4.26. The van der Waals surface area contributed by atoms with Crippen molar-refractivity contribution in [1.29, 1.82) is 0 Å². The van der Waals surface area contributed by atoms with E-state index in [-0.39, 0.29) is 5.56 Å². The number of para-hydroxylation sites is 2. The highest BCUT2D eigenvalue weighted by Gasteiger charge is 2.10. The Kier molecular flexibility index (Phi) is 2.52. The van der Waals surface area contributed by atoms with Gasteiger partial charge in [0.15, 0.2) is 0 Å². The summed E-state index contributed by atoms with van der Waals surface area (Å²) in [5, 5.41) is 9.09. The maximum absolute atomic E-state index is 11.1. The molecule has 0 aliphatic carbocycles. The minimum atomic E-state index is -0.962. The van der Waals surface area contributed by atoms with Crippen LogP contribution in [0.15, 0.2) is 42.7 Å². The van der Waals surface area contributed by atoms with Crippen LogP contribution in [0.1, 0.15) is 16.1 Å². The molecule has 0 unspecified atom stereocenters. The molecule has 94 valence electrons. The molecule has 0 aliphatic heterocycles. The van der Waals surface area contributed by atoms with Crippen LogP contribution in [-0.2, 0) is 0 Å². The average Bonchev–Trinajstić information content (AvgIpc) is 2.81. The molecule has 1 N–H and O–H groups in total. The minimum Gasteiger partial charge on any atom is -0.478 e. The first-order valence-electron chi connectivity index (χ1n) is 5.79. The standard InChI is InChI=1S/C14H11N3O2/c1-9-6-10(14(18)19)7-13(16-9)17-8-15-11-4-2-3-5-12(11)17/h2-8H,1H3,(H,18,19). The molecule has 0 amide bonds. The fraction of sp³-hybridized carbons (Fsp3) is 0.0714. The smallest absolute Gasteiger partial charge is 0.335 e. The third kappa shape index (κ3) is 1.95. The summed E-state index contributed by atoms with van der Waals surface area (Å²) in [5.41, 5.74) is 2.63. The quantitative estimate of drug-likeness (QED) is 0.761. The lowest BCUT2D eigenvalue weighted by molar-refractivity contribution is 0.0696. The zero-order valence-electron chi connectivity index (χ0n) is 10.2. The Morgan fingerprint density at radius 3 is 2.84 bits per heavy atom. The summed E-state index contributed by atoms with van der Waals surface area (Å²) in [4.78, 5) is 19.7. The summed E-state index contributed by atoms with van der Waals surface area (Å²) in [6, 6.07) is 10.7. The zero-order valence-corrected chi connectivity index (χ0v) is 10.2. The molecule has 0 saturated heterocycles. The van der Waals surface area contributed by atoms with Crippen molar-refractivity contribution in [2.45, 2.75) is 6.92 Å². The van der Waals surface area contributed by atoms with Crippen molar-refractivity contribution in [3.05, 3.63) is 54.0 Å². The number of rotatable bonds is 2. The van der Waals surface area contributed by atoms with Crippen LogP contribution in [0.3, 0.4) is 0 Å². The van der Waals surface area contributed by atoms with Crippen LogP contribution in [-0.4, -0.2) is 25.6 Å². The highest BCUT2D eigenvalue weighted by Crippen LogP contribution is 2.18. The Balaban J connectivity index is 2.24. The fourth-order valence-electron chi connectivity index (χ4n) is 2.04. The molecule has 0 aliphatic rings. The number of aromatic carboxylic acids is 1. The van der Waals surface area contributed by atoms with Crippen molar-refractivity contribution < 1.29 is 9.90 Å². The van der Waals surface area contributed by atoms with E-state index >= 15 is 0 Å². The monoisotopic (exact) mass is 253 g/mol. The Morgan fingerprint density at radius 2 is 2.05 bits per heavy atom. The number of aryl methyl sites for hydroxylation is 1. The van der Waals surface area contributed by atoms with Crippen molar-refractivity contribution in [2.75, 3.05) is 0 Å². The summed E-state index contributed by atoms with van der Waals surface area (Å²) < 4.78 is 1.79. The molecule has 0 spiro atoms. The van der Waals surface area contributed by atoms with Crippen molar-refractivity contribution in [3.8, 4) is 5.82 Å². The van der Waals surface area contributed by atoms with Gasteiger partial charge in [-0.3, -0.25) is 4.57 Å². The Bertz CT molecular complexity index is 777. The number of hydrogen-bond donors (Lipinski definition) is 1. The molecule has 0 saturated carbocycles. The maximum Gasteiger partial charge on any atom is 0.335 e. The SMILES string of the molecule is Cc1cc(C(=O)O)cc(-n2cnc3ccccc32)n1. The molecule has 0 fully saturated rings. The minimum absolute atomic E-state index is 0.222. The first-order valence-corrected chi connectivity index (χ1v) is 5.79. The van der Waals surface area contributed by atoms with Crippen molar-refractivity contribution in [3.63, 3.8) is 0 Å². The van der Waals surface area contributed by atoms with E-state index in [2.05, 4.69) is 9.97 Å². The van der Waals surface area contributed by atoms with Crippen LogP contribution in [0.5, 0.6) is 0 Å². The van der Waals surface area contributed by atoms with Gasteiger partial charge in [-0.2, -0.15) is 0 Å². The van der Waals surface area contributed by atoms with E-state index in [1.807, 2.05) is 24.3 Å². The van der Waals surface area contributed by atoms with Crippen molar-refractivity contribution in [2.24, 2.45) is 0 Å². The molecular formula is C14H11N3O2. The topological polar surface area (TPSA) is 68.0 Å². The number of nitrogens with zero attached hydrogens (tertiary/aromatic N) is 3. The van der Waals surface area contributed by atoms with Crippen molar-refractivity contribution >= 4 is 17.0 Å². The first kappa shape index (κ1) is 11.4. The second-order valence-electron chi connectivity index (χ2n) is 4.26. The summed E-state index contributed by atoms with van der Waals surface area (Å²) in [5.74, 6) is -0.401. The van der Waals surface area contributed by atoms with Crippen LogP contribution in [0, 0.1) is 6.92 Å². The highest BCUT2D eigenvalue weighted by atomic mass is 16.4. The summed E-state index contributed by atoms with van der Waals surface area (Å²) >= 11 is 0. The van der Waals surface area contributed by atoms with Gasteiger partial charge in [0.1, 0.15) is 12.1 Å². The number of carboxylic acids is 1.